The van der Waals surface area contributed by atoms with Crippen molar-refractivity contribution in [3.8, 4) is 0 Å². The molecule has 1 fully saturated rings. The third kappa shape index (κ3) is 4.54. The number of fused-ring (bicyclic) bond motifs is 1. The molecular weight excluding hydrogens is 440 g/mol. The second-order valence-electron chi connectivity index (χ2n) is 8.34. The van der Waals surface area contributed by atoms with Crippen LogP contribution in [0.2, 0.25) is 0 Å². The number of carbonyl (C=O) groups is 2. The SMILES string of the molecule is CCN(CCO)C(=O)c1ccc(N2CCC(N3C(=O)OCc4ccccc43)CC2)c([N+](=O)[O-])c1. The first-order valence-electron chi connectivity index (χ1n) is 11.4. The highest BCUT2D eigenvalue weighted by Crippen LogP contribution is 2.35. The van der Waals surface area contributed by atoms with E-state index >= 15 is 0 Å². The van der Waals surface area contributed by atoms with E-state index in [9.17, 15) is 19.7 Å². The molecule has 0 radical (unpaired) electrons. The van der Waals surface area contributed by atoms with Gasteiger partial charge >= 0.3 is 6.09 Å². The third-order valence-electron chi connectivity index (χ3n) is 6.43. The summed E-state index contributed by atoms with van der Waals surface area (Å²) in [5, 5.41) is 21.0. The number of nitro benzene ring substituents is 1. The average molecular weight is 469 g/mol. The highest BCUT2D eigenvalue weighted by Gasteiger charge is 2.35. The normalized spacial score (nSPS) is 16.1. The number of carbonyl (C=O) groups excluding carboxylic acids is 2. The molecule has 0 spiro atoms. The van der Waals surface area contributed by atoms with E-state index in [1.54, 1.807) is 24.0 Å². The Morgan fingerprint density at radius 1 is 1.21 bits per heavy atom. The maximum absolute atomic E-state index is 12.7. The number of anilines is 2. The number of likely N-dealkylation sites (N-methyl/N-ethyl adjacent to an activating group) is 1. The fraction of sp³-hybridized carbons (Fsp3) is 0.417. The monoisotopic (exact) mass is 468 g/mol. The highest BCUT2D eigenvalue weighted by atomic mass is 16.6. The molecule has 0 bridgehead atoms. The fourth-order valence-corrected chi connectivity index (χ4v) is 4.66. The van der Waals surface area contributed by atoms with Crippen molar-refractivity contribution in [2.24, 2.45) is 0 Å². The molecule has 34 heavy (non-hydrogen) atoms. The van der Waals surface area contributed by atoms with E-state index in [2.05, 4.69) is 0 Å². The van der Waals surface area contributed by atoms with E-state index in [4.69, 9.17) is 9.84 Å². The Balaban J connectivity index is 1.52. The standard InChI is InChI=1S/C24H28N4O6/c1-2-25(13-14-29)23(30)17-7-8-21(22(15-17)28(32)33)26-11-9-19(10-12-26)27-20-6-4-3-5-18(20)16-34-24(27)31/h3-8,15,19,29H,2,9-14,16H2,1H3. The van der Waals surface area contributed by atoms with Crippen molar-refractivity contribution in [3.05, 3.63) is 63.7 Å². The van der Waals surface area contributed by atoms with E-state index in [0.29, 0.717) is 38.2 Å². The van der Waals surface area contributed by atoms with Crippen molar-refractivity contribution in [3.63, 3.8) is 0 Å². The van der Waals surface area contributed by atoms with Crippen molar-refractivity contribution < 1.29 is 24.4 Å². The van der Waals surface area contributed by atoms with Gasteiger partial charge in [0.1, 0.15) is 12.3 Å². The number of hydrogen-bond donors (Lipinski definition) is 1. The number of amides is 2. The van der Waals surface area contributed by atoms with Gasteiger partial charge in [0.15, 0.2) is 0 Å². The van der Waals surface area contributed by atoms with Crippen LogP contribution >= 0.6 is 0 Å². The maximum atomic E-state index is 12.7. The minimum atomic E-state index is -0.473. The van der Waals surface area contributed by atoms with Crippen LogP contribution in [0, 0.1) is 10.1 Å². The van der Waals surface area contributed by atoms with Crippen LogP contribution in [0.15, 0.2) is 42.5 Å². The van der Waals surface area contributed by atoms with Crippen LogP contribution in [-0.4, -0.2) is 65.8 Å². The van der Waals surface area contributed by atoms with Gasteiger partial charge in [0, 0.05) is 49.4 Å². The minimum absolute atomic E-state index is 0.0679. The largest absolute Gasteiger partial charge is 0.444 e. The van der Waals surface area contributed by atoms with E-state index in [1.807, 2.05) is 29.2 Å². The zero-order valence-electron chi connectivity index (χ0n) is 19.1. The first kappa shape index (κ1) is 23.5. The predicted octanol–water partition coefficient (Wildman–Crippen LogP) is 3.17. The van der Waals surface area contributed by atoms with Crippen LogP contribution in [0.25, 0.3) is 0 Å². The number of aliphatic hydroxyl groups is 1. The first-order valence-corrected chi connectivity index (χ1v) is 11.4. The number of piperidine rings is 1. The minimum Gasteiger partial charge on any atom is -0.444 e. The van der Waals surface area contributed by atoms with E-state index in [0.717, 1.165) is 11.3 Å². The van der Waals surface area contributed by atoms with Crippen LogP contribution in [0.5, 0.6) is 0 Å². The molecule has 180 valence electrons. The predicted molar refractivity (Wildman–Crippen MR) is 126 cm³/mol. The molecule has 0 aliphatic carbocycles. The van der Waals surface area contributed by atoms with Gasteiger partial charge in [-0.25, -0.2) is 4.79 Å². The topological polar surface area (TPSA) is 116 Å². The van der Waals surface area contributed by atoms with Gasteiger partial charge in [0.2, 0.25) is 0 Å². The Hall–Kier alpha value is -3.66. The number of nitro groups is 1. The van der Waals surface area contributed by atoms with Gasteiger partial charge in [0.05, 0.1) is 17.2 Å². The summed E-state index contributed by atoms with van der Waals surface area (Å²) in [4.78, 5) is 41.7. The molecule has 2 aliphatic rings. The Morgan fingerprint density at radius 2 is 1.94 bits per heavy atom. The summed E-state index contributed by atoms with van der Waals surface area (Å²) in [5.74, 6) is -0.354. The van der Waals surface area contributed by atoms with E-state index in [1.165, 1.54) is 11.0 Å². The van der Waals surface area contributed by atoms with Gasteiger partial charge in [-0.1, -0.05) is 18.2 Å². The van der Waals surface area contributed by atoms with Gasteiger partial charge in [-0.05, 0) is 38.0 Å². The van der Waals surface area contributed by atoms with Gasteiger partial charge in [-0.2, -0.15) is 0 Å². The van der Waals surface area contributed by atoms with Crippen molar-refractivity contribution in [2.45, 2.75) is 32.4 Å². The molecule has 2 amide bonds. The van der Waals surface area contributed by atoms with Crippen molar-refractivity contribution in [2.75, 3.05) is 42.6 Å². The lowest BCUT2D eigenvalue weighted by Gasteiger charge is -2.40. The summed E-state index contributed by atoms with van der Waals surface area (Å²) in [6, 6.07) is 12.1. The Morgan fingerprint density at radius 3 is 2.62 bits per heavy atom. The van der Waals surface area contributed by atoms with Crippen molar-refractivity contribution in [1.82, 2.24) is 4.90 Å². The molecule has 2 aromatic carbocycles. The molecule has 10 nitrogen and oxygen atoms in total. The number of para-hydroxylation sites is 1. The summed E-state index contributed by atoms with van der Waals surface area (Å²) in [6.07, 6.45) is 0.886. The van der Waals surface area contributed by atoms with Gasteiger partial charge in [0.25, 0.3) is 11.6 Å². The number of ether oxygens (including phenoxy) is 1. The van der Waals surface area contributed by atoms with Crippen LogP contribution in [0.1, 0.15) is 35.7 Å². The third-order valence-corrected chi connectivity index (χ3v) is 6.43. The molecule has 1 saturated heterocycles. The molecule has 4 rings (SSSR count). The molecule has 2 heterocycles. The van der Waals surface area contributed by atoms with Crippen molar-refractivity contribution in [1.29, 1.82) is 0 Å². The Bertz CT molecular complexity index is 1080. The smallest absolute Gasteiger partial charge is 0.414 e. The summed E-state index contributed by atoms with van der Waals surface area (Å²) >= 11 is 0. The number of rotatable bonds is 7. The summed E-state index contributed by atoms with van der Waals surface area (Å²) in [5.41, 5.74) is 2.35. The van der Waals surface area contributed by atoms with Crippen molar-refractivity contribution >= 4 is 29.1 Å². The molecule has 2 aliphatic heterocycles. The number of cyclic esters (lactones) is 1. The Labute approximate surface area is 197 Å². The lowest BCUT2D eigenvalue weighted by molar-refractivity contribution is -0.384. The maximum Gasteiger partial charge on any atom is 0.414 e. The van der Waals surface area contributed by atoms with E-state index in [-0.39, 0.29) is 49.1 Å². The van der Waals surface area contributed by atoms with Gasteiger partial charge in [-0.15, -0.1) is 0 Å². The molecule has 2 aromatic rings. The Kier molecular flexibility index (Phi) is 6.97. The summed E-state index contributed by atoms with van der Waals surface area (Å²) in [6.45, 7) is 3.48. The molecule has 0 aromatic heterocycles. The summed E-state index contributed by atoms with van der Waals surface area (Å²) in [7, 11) is 0. The molecule has 0 saturated carbocycles. The number of benzene rings is 2. The highest BCUT2D eigenvalue weighted by molar-refractivity contribution is 5.96. The lowest BCUT2D eigenvalue weighted by atomic mass is 9.99. The molecule has 0 unspecified atom stereocenters. The molecule has 0 atom stereocenters. The van der Waals surface area contributed by atoms with Crippen LogP contribution < -0.4 is 9.80 Å². The second kappa shape index (κ2) is 10.1. The first-order chi connectivity index (χ1) is 16.4. The quantitative estimate of drug-likeness (QED) is 0.490. The van der Waals surface area contributed by atoms with Gasteiger partial charge in [-0.3, -0.25) is 19.8 Å². The molecular formula is C24H28N4O6. The number of nitrogens with zero attached hydrogens (tertiary/aromatic N) is 4. The summed E-state index contributed by atoms with van der Waals surface area (Å²) < 4.78 is 5.35. The van der Waals surface area contributed by atoms with Crippen LogP contribution in [0.3, 0.4) is 0 Å². The lowest BCUT2D eigenvalue weighted by Crippen LogP contribution is -2.49. The second-order valence-corrected chi connectivity index (χ2v) is 8.34. The zero-order chi connectivity index (χ0) is 24.2. The fourth-order valence-electron chi connectivity index (χ4n) is 4.66. The van der Waals surface area contributed by atoms with Crippen LogP contribution in [0.4, 0.5) is 21.9 Å². The zero-order valence-corrected chi connectivity index (χ0v) is 19.1. The van der Waals surface area contributed by atoms with E-state index < -0.39 is 4.92 Å². The van der Waals surface area contributed by atoms with Gasteiger partial charge < -0.3 is 19.6 Å². The molecule has 1 N–H and O–H groups in total. The van der Waals surface area contributed by atoms with Crippen LogP contribution in [-0.2, 0) is 11.3 Å². The number of hydrogen-bond acceptors (Lipinski definition) is 7. The number of aliphatic hydroxyl groups excluding tert-OH is 1. The molecule has 10 heteroatoms. The average Bonchev–Trinajstić information content (AvgIpc) is 2.86.